The molecule has 34 heavy (non-hydrogen) atoms. The first-order chi connectivity index (χ1) is 16.2. The number of hydrogen-bond donors (Lipinski definition) is 3. The summed E-state index contributed by atoms with van der Waals surface area (Å²) < 4.78 is 18.8. The number of carbonyl (C=O) groups is 2. The van der Waals surface area contributed by atoms with Gasteiger partial charge < -0.3 is 15.4 Å². The predicted octanol–water partition coefficient (Wildman–Crippen LogP) is 4.05. The normalized spacial score (nSPS) is 24.2. The summed E-state index contributed by atoms with van der Waals surface area (Å²) in [6.45, 7) is 4.31. The highest BCUT2D eigenvalue weighted by molar-refractivity contribution is 6.30. The number of unbranched alkanes of at least 4 members (excludes halogenated alkanes) is 2. The van der Waals surface area contributed by atoms with Crippen molar-refractivity contribution in [3.05, 3.63) is 33.9 Å². The number of amides is 2. The van der Waals surface area contributed by atoms with Crippen molar-refractivity contribution < 1.29 is 18.7 Å². The van der Waals surface area contributed by atoms with E-state index in [0.717, 1.165) is 31.7 Å². The summed E-state index contributed by atoms with van der Waals surface area (Å²) in [4.78, 5) is 36.1. The largest absolute Gasteiger partial charge is 0.484 e. The molecule has 3 aliphatic carbocycles. The molecule has 2 unspecified atom stereocenters. The Hall–Kier alpha value is -2.26. The number of halogens is 2. The second-order valence-corrected chi connectivity index (χ2v) is 10.0. The summed E-state index contributed by atoms with van der Waals surface area (Å²) in [5, 5.41) is 12.4. The van der Waals surface area contributed by atoms with Crippen LogP contribution in [0.4, 0.5) is 4.39 Å². The summed E-state index contributed by atoms with van der Waals surface area (Å²) in [5.41, 5.74) is -0.799. The fourth-order valence-electron chi connectivity index (χ4n) is 4.96. The van der Waals surface area contributed by atoms with Gasteiger partial charge in [-0.2, -0.15) is 0 Å². The quantitative estimate of drug-likeness (QED) is 0.251. The van der Waals surface area contributed by atoms with Crippen molar-refractivity contribution in [3.63, 3.8) is 0 Å². The first-order valence-electron chi connectivity index (χ1n) is 12.0. The minimum Gasteiger partial charge on any atom is -0.484 e. The summed E-state index contributed by atoms with van der Waals surface area (Å²) in [7, 11) is 0. The molecule has 0 aliphatic heterocycles. The van der Waals surface area contributed by atoms with Crippen LogP contribution in [0.2, 0.25) is 5.02 Å². The van der Waals surface area contributed by atoms with E-state index in [4.69, 9.17) is 16.3 Å². The topological polar surface area (TPSA) is 109 Å². The molecule has 8 nitrogen and oxygen atoms in total. The number of nitroso groups, excluding NO2 is 1. The Balaban J connectivity index is 1.37. The van der Waals surface area contributed by atoms with Gasteiger partial charge in [0, 0.05) is 24.2 Å². The van der Waals surface area contributed by atoms with Gasteiger partial charge in [-0.05, 0) is 50.7 Å². The highest BCUT2D eigenvalue weighted by Gasteiger charge is 2.72. The van der Waals surface area contributed by atoms with Crippen LogP contribution in [-0.4, -0.2) is 42.7 Å². The van der Waals surface area contributed by atoms with E-state index in [1.807, 2.05) is 6.92 Å². The average Bonchev–Trinajstić information content (AvgIpc) is 2.77. The summed E-state index contributed by atoms with van der Waals surface area (Å²) >= 11 is 5.64. The number of hydrogen-bond acceptors (Lipinski definition) is 6. The van der Waals surface area contributed by atoms with Crippen molar-refractivity contribution in [2.45, 2.75) is 83.0 Å². The SMILES string of the molecule is CCCCCC(N=O)NC(CC)CNC(=O)C12CC(NC(=O)COc3ccc(Cl)c(F)c3)(C1)C2. The van der Waals surface area contributed by atoms with Crippen LogP contribution in [0.25, 0.3) is 0 Å². The number of carbonyl (C=O) groups excluding carboxylic acids is 2. The minimum absolute atomic E-state index is 0.0116. The molecule has 0 radical (unpaired) electrons. The molecule has 3 saturated carbocycles. The summed E-state index contributed by atoms with van der Waals surface area (Å²) in [5.74, 6) is -0.711. The molecule has 3 N–H and O–H groups in total. The molecule has 0 aromatic heterocycles. The number of ether oxygens (including phenoxy) is 1. The molecule has 0 spiro atoms. The van der Waals surface area contributed by atoms with Gasteiger partial charge in [0.15, 0.2) is 6.61 Å². The van der Waals surface area contributed by atoms with Crippen LogP contribution in [0.5, 0.6) is 5.75 Å². The van der Waals surface area contributed by atoms with E-state index >= 15 is 0 Å². The van der Waals surface area contributed by atoms with E-state index in [9.17, 15) is 18.9 Å². The van der Waals surface area contributed by atoms with Crippen LogP contribution in [-0.2, 0) is 9.59 Å². The molecular weight excluding hydrogens is 463 g/mol. The molecule has 1 aromatic carbocycles. The van der Waals surface area contributed by atoms with Gasteiger partial charge in [-0.15, -0.1) is 4.91 Å². The van der Waals surface area contributed by atoms with Gasteiger partial charge in [0.2, 0.25) is 5.91 Å². The zero-order valence-electron chi connectivity index (χ0n) is 19.8. The van der Waals surface area contributed by atoms with E-state index in [1.165, 1.54) is 12.1 Å². The van der Waals surface area contributed by atoms with E-state index in [2.05, 4.69) is 28.1 Å². The molecule has 2 atom stereocenters. The zero-order chi connectivity index (χ0) is 24.8. The van der Waals surface area contributed by atoms with Crippen molar-refractivity contribution in [3.8, 4) is 5.75 Å². The molecule has 4 rings (SSSR count). The average molecular weight is 497 g/mol. The Labute approximate surface area is 204 Å². The number of rotatable bonds is 15. The lowest BCUT2D eigenvalue weighted by atomic mass is 9.39. The van der Waals surface area contributed by atoms with Crippen molar-refractivity contribution in [2.75, 3.05) is 13.2 Å². The van der Waals surface area contributed by atoms with Crippen LogP contribution >= 0.6 is 11.6 Å². The third-order valence-electron chi connectivity index (χ3n) is 6.82. The molecule has 3 aliphatic rings. The van der Waals surface area contributed by atoms with Crippen molar-refractivity contribution in [2.24, 2.45) is 10.6 Å². The Bertz CT molecular complexity index is 880. The molecule has 2 bridgehead atoms. The van der Waals surface area contributed by atoms with Gasteiger partial charge >= 0.3 is 0 Å². The van der Waals surface area contributed by atoms with Crippen LogP contribution in [0.1, 0.15) is 65.2 Å². The van der Waals surface area contributed by atoms with E-state index in [0.29, 0.717) is 32.2 Å². The maximum absolute atomic E-state index is 13.5. The van der Waals surface area contributed by atoms with Crippen molar-refractivity contribution in [1.29, 1.82) is 0 Å². The van der Waals surface area contributed by atoms with Crippen molar-refractivity contribution in [1.82, 2.24) is 16.0 Å². The summed E-state index contributed by atoms with van der Waals surface area (Å²) in [6, 6.07) is 3.97. The molecule has 0 saturated heterocycles. The van der Waals surface area contributed by atoms with Crippen LogP contribution < -0.4 is 20.7 Å². The van der Waals surface area contributed by atoms with Gasteiger partial charge in [0.25, 0.3) is 5.91 Å². The standard InChI is InChI=1S/C24H34ClFN4O4/c1-3-5-6-7-20(30-33)28-16(4-2)11-27-22(32)23-13-24(14-23,15-23)29-21(31)12-34-17-8-9-18(25)19(26)10-17/h8-10,16,20,28H,3-7,11-15H2,1-2H3,(H,27,32)(H,29,31). The first kappa shape index (κ1) is 26.3. The Kier molecular flexibility index (Phi) is 8.87. The molecule has 10 heteroatoms. The van der Waals surface area contributed by atoms with Gasteiger partial charge in [0.05, 0.1) is 10.4 Å². The van der Waals surface area contributed by atoms with E-state index in [1.54, 1.807) is 0 Å². The lowest BCUT2D eigenvalue weighted by Crippen LogP contribution is -2.78. The second-order valence-electron chi connectivity index (χ2n) is 9.60. The smallest absolute Gasteiger partial charge is 0.258 e. The number of nitrogens with one attached hydrogen (secondary N) is 3. The number of nitrogens with zero attached hydrogens (tertiary/aromatic N) is 1. The predicted molar refractivity (Wildman–Crippen MR) is 128 cm³/mol. The maximum Gasteiger partial charge on any atom is 0.258 e. The van der Waals surface area contributed by atoms with Gasteiger partial charge in [-0.3, -0.25) is 14.9 Å². The molecule has 2 amide bonds. The van der Waals surface area contributed by atoms with E-state index in [-0.39, 0.29) is 40.8 Å². The lowest BCUT2D eigenvalue weighted by Gasteiger charge is -2.69. The van der Waals surface area contributed by atoms with Crippen LogP contribution in [0.3, 0.4) is 0 Å². The van der Waals surface area contributed by atoms with Gasteiger partial charge in [-0.25, -0.2) is 4.39 Å². The fourth-order valence-corrected chi connectivity index (χ4v) is 5.08. The Morgan fingerprint density at radius 2 is 1.97 bits per heavy atom. The van der Waals surface area contributed by atoms with Crippen LogP contribution in [0.15, 0.2) is 23.4 Å². The molecule has 3 fully saturated rings. The highest BCUT2D eigenvalue weighted by Crippen LogP contribution is 2.67. The molecule has 1 aromatic rings. The van der Waals surface area contributed by atoms with Gasteiger partial charge in [0.1, 0.15) is 17.7 Å². The maximum atomic E-state index is 13.5. The number of benzene rings is 1. The Morgan fingerprint density at radius 3 is 2.59 bits per heavy atom. The molecule has 188 valence electrons. The Morgan fingerprint density at radius 1 is 1.24 bits per heavy atom. The fraction of sp³-hybridized carbons (Fsp3) is 0.667. The van der Waals surface area contributed by atoms with Gasteiger partial charge in [-0.1, -0.05) is 43.5 Å². The monoisotopic (exact) mass is 496 g/mol. The first-order valence-corrected chi connectivity index (χ1v) is 12.4. The third-order valence-corrected chi connectivity index (χ3v) is 7.12. The summed E-state index contributed by atoms with van der Waals surface area (Å²) in [6.07, 6.45) is 5.89. The third kappa shape index (κ3) is 6.24. The molecular formula is C24H34ClFN4O4. The minimum atomic E-state index is -0.609. The van der Waals surface area contributed by atoms with Crippen LogP contribution in [0, 0.1) is 16.1 Å². The van der Waals surface area contributed by atoms with Crippen molar-refractivity contribution >= 4 is 23.4 Å². The molecule has 0 heterocycles. The van der Waals surface area contributed by atoms with E-state index < -0.39 is 17.4 Å². The highest BCUT2D eigenvalue weighted by atomic mass is 35.5. The zero-order valence-corrected chi connectivity index (χ0v) is 20.5. The lowest BCUT2D eigenvalue weighted by molar-refractivity contribution is -0.184. The second kappa shape index (κ2) is 11.4.